The number of nitrogens with one attached hydrogen (secondary N) is 1. The lowest BCUT2D eigenvalue weighted by Gasteiger charge is -2.20. The zero-order valence-corrected chi connectivity index (χ0v) is 14.2. The predicted octanol–water partition coefficient (Wildman–Crippen LogP) is 2.70. The molecule has 2 aromatic carbocycles. The first-order chi connectivity index (χ1) is 12.0. The first-order valence-corrected chi connectivity index (χ1v) is 8.03. The zero-order valence-electron chi connectivity index (χ0n) is 14.2. The number of aryl methyl sites for hydroxylation is 1. The van der Waals surface area contributed by atoms with Gasteiger partial charge < -0.3 is 20.1 Å². The molecule has 1 saturated heterocycles. The quantitative estimate of drug-likeness (QED) is 0.839. The number of rotatable bonds is 4. The maximum atomic E-state index is 12.5. The zero-order chi connectivity index (χ0) is 18.0. The van der Waals surface area contributed by atoms with Crippen molar-refractivity contribution in [3.05, 3.63) is 48.0 Å². The van der Waals surface area contributed by atoms with Crippen molar-refractivity contribution in [1.82, 2.24) is 0 Å². The fraction of sp³-hybridized carbons (Fsp3) is 0.263. The lowest BCUT2D eigenvalue weighted by Crippen LogP contribution is -2.28. The van der Waals surface area contributed by atoms with Crippen LogP contribution in [0.3, 0.4) is 0 Å². The summed E-state index contributed by atoms with van der Waals surface area (Å²) in [5.41, 5.74) is 2.29. The lowest BCUT2D eigenvalue weighted by atomic mass is 10.1. The average molecular weight is 340 g/mol. The molecular formula is C19H20N2O4. The number of aromatic hydroxyl groups is 1. The number of nitrogens with zero attached hydrogens (tertiary/aromatic N) is 1. The van der Waals surface area contributed by atoms with Crippen LogP contribution < -0.4 is 15.0 Å². The Balaban J connectivity index is 1.75. The minimum atomic E-state index is -0.438. The molecule has 3 rings (SSSR count). The van der Waals surface area contributed by atoms with Crippen LogP contribution >= 0.6 is 0 Å². The minimum absolute atomic E-state index is 0.102. The summed E-state index contributed by atoms with van der Waals surface area (Å²) in [6, 6.07) is 11.9. The highest BCUT2D eigenvalue weighted by Crippen LogP contribution is 2.34. The van der Waals surface area contributed by atoms with Crippen LogP contribution in [0.1, 0.15) is 12.0 Å². The highest BCUT2D eigenvalue weighted by Gasteiger charge is 2.36. The molecular weight excluding hydrogens is 320 g/mol. The Kier molecular flexibility index (Phi) is 4.61. The highest BCUT2D eigenvalue weighted by atomic mass is 16.5. The Bertz CT molecular complexity index is 802. The van der Waals surface area contributed by atoms with Gasteiger partial charge in [-0.15, -0.1) is 0 Å². The van der Waals surface area contributed by atoms with Gasteiger partial charge in [0, 0.05) is 18.7 Å². The molecule has 1 aliphatic rings. The molecule has 0 spiro atoms. The molecule has 1 atom stereocenters. The number of carbonyl (C=O) groups is 2. The molecule has 0 radical (unpaired) electrons. The Morgan fingerprint density at radius 2 is 1.96 bits per heavy atom. The molecule has 1 unspecified atom stereocenters. The molecule has 0 aromatic heterocycles. The molecule has 2 amide bonds. The Hall–Kier alpha value is -3.02. The maximum Gasteiger partial charge on any atom is 0.229 e. The third kappa shape index (κ3) is 3.57. The van der Waals surface area contributed by atoms with E-state index >= 15 is 0 Å². The van der Waals surface area contributed by atoms with E-state index in [0.29, 0.717) is 23.7 Å². The largest absolute Gasteiger partial charge is 0.508 e. The van der Waals surface area contributed by atoms with Gasteiger partial charge in [0.1, 0.15) is 11.5 Å². The van der Waals surface area contributed by atoms with Gasteiger partial charge in [0.05, 0.1) is 18.7 Å². The molecule has 1 fully saturated rings. The summed E-state index contributed by atoms with van der Waals surface area (Å²) >= 11 is 0. The summed E-state index contributed by atoms with van der Waals surface area (Å²) in [5.74, 6) is -0.0141. The van der Waals surface area contributed by atoms with Crippen molar-refractivity contribution in [2.75, 3.05) is 23.9 Å². The molecule has 2 N–H and O–H groups in total. The van der Waals surface area contributed by atoms with E-state index in [1.165, 1.54) is 12.1 Å². The number of hydrogen-bond donors (Lipinski definition) is 2. The second kappa shape index (κ2) is 6.84. The summed E-state index contributed by atoms with van der Waals surface area (Å²) in [7, 11) is 1.56. The topological polar surface area (TPSA) is 78.9 Å². The van der Waals surface area contributed by atoms with Gasteiger partial charge in [0.25, 0.3) is 0 Å². The van der Waals surface area contributed by atoms with Crippen LogP contribution in [-0.4, -0.2) is 30.6 Å². The first-order valence-electron chi connectivity index (χ1n) is 8.03. The van der Waals surface area contributed by atoms with Crippen molar-refractivity contribution in [1.29, 1.82) is 0 Å². The third-order valence-electron chi connectivity index (χ3n) is 4.26. The normalized spacial score (nSPS) is 16.8. The summed E-state index contributed by atoms with van der Waals surface area (Å²) in [6.07, 6.45) is 0.154. The van der Waals surface area contributed by atoms with Crippen molar-refractivity contribution in [3.63, 3.8) is 0 Å². The van der Waals surface area contributed by atoms with Crippen molar-refractivity contribution in [3.8, 4) is 11.5 Å². The van der Waals surface area contributed by atoms with Crippen molar-refractivity contribution < 1.29 is 19.4 Å². The monoisotopic (exact) mass is 340 g/mol. The van der Waals surface area contributed by atoms with E-state index in [4.69, 9.17) is 4.74 Å². The molecule has 2 aromatic rings. The van der Waals surface area contributed by atoms with E-state index < -0.39 is 5.92 Å². The first kappa shape index (κ1) is 16.8. The minimum Gasteiger partial charge on any atom is -0.508 e. The van der Waals surface area contributed by atoms with Crippen LogP contribution in [0, 0.1) is 12.8 Å². The fourth-order valence-electron chi connectivity index (χ4n) is 2.92. The molecule has 1 heterocycles. The maximum absolute atomic E-state index is 12.5. The predicted molar refractivity (Wildman–Crippen MR) is 94.9 cm³/mol. The van der Waals surface area contributed by atoms with Gasteiger partial charge in [-0.25, -0.2) is 0 Å². The summed E-state index contributed by atoms with van der Waals surface area (Å²) in [5, 5.41) is 12.1. The van der Waals surface area contributed by atoms with Gasteiger partial charge in [-0.1, -0.05) is 6.07 Å². The van der Waals surface area contributed by atoms with Crippen LogP contribution in [0.4, 0.5) is 11.4 Å². The van der Waals surface area contributed by atoms with Crippen LogP contribution in [0.5, 0.6) is 11.5 Å². The number of hydrogen-bond acceptors (Lipinski definition) is 4. The Morgan fingerprint density at radius 1 is 1.24 bits per heavy atom. The fourth-order valence-corrected chi connectivity index (χ4v) is 2.92. The van der Waals surface area contributed by atoms with Gasteiger partial charge in [-0.3, -0.25) is 9.59 Å². The van der Waals surface area contributed by atoms with E-state index in [1.54, 1.807) is 24.1 Å². The van der Waals surface area contributed by atoms with Gasteiger partial charge in [-0.05, 0) is 48.9 Å². The lowest BCUT2D eigenvalue weighted by molar-refractivity contribution is -0.122. The van der Waals surface area contributed by atoms with Crippen LogP contribution in [-0.2, 0) is 9.59 Å². The molecule has 0 saturated carbocycles. The van der Waals surface area contributed by atoms with E-state index in [0.717, 1.165) is 5.56 Å². The third-order valence-corrected chi connectivity index (χ3v) is 4.26. The van der Waals surface area contributed by atoms with E-state index in [2.05, 4.69) is 5.32 Å². The van der Waals surface area contributed by atoms with Crippen molar-refractivity contribution in [2.24, 2.45) is 5.92 Å². The SMILES string of the molecule is COc1ccc(C)cc1N1CC(C(=O)Nc2ccc(O)cc2)CC1=O. The van der Waals surface area contributed by atoms with Crippen LogP contribution in [0.15, 0.2) is 42.5 Å². The Morgan fingerprint density at radius 3 is 2.64 bits per heavy atom. The number of phenols is 1. The number of amides is 2. The van der Waals surface area contributed by atoms with Crippen molar-refractivity contribution in [2.45, 2.75) is 13.3 Å². The average Bonchev–Trinajstić information content (AvgIpc) is 2.98. The molecule has 0 bridgehead atoms. The van der Waals surface area contributed by atoms with E-state index in [1.807, 2.05) is 25.1 Å². The summed E-state index contributed by atoms with van der Waals surface area (Å²) < 4.78 is 5.35. The van der Waals surface area contributed by atoms with Crippen LogP contribution in [0.2, 0.25) is 0 Å². The summed E-state index contributed by atoms with van der Waals surface area (Å²) in [6.45, 7) is 2.25. The number of anilines is 2. The molecule has 1 aliphatic heterocycles. The number of phenolic OH excluding ortho intramolecular Hbond substituents is 1. The van der Waals surface area contributed by atoms with E-state index in [-0.39, 0.29) is 24.0 Å². The van der Waals surface area contributed by atoms with Crippen LogP contribution in [0.25, 0.3) is 0 Å². The molecule has 6 nitrogen and oxygen atoms in total. The van der Waals surface area contributed by atoms with E-state index in [9.17, 15) is 14.7 Å². The second-order valence-corrected chi connectivity index (χ2v) is 6.12. The molecule has 0 aliphatic carbocycles. The molecule has 25 heavy (non-hydrogen) atoms. The van der Waals surface area contributed by atoms with Crippen molar-refractivity contribution >= 4 is 23.2 Å². The van der Waals surface area contributed by atoms with Gasteiger partial charge in [-0.2, -0.15) is 0 Å². The Labute approximate surface area is 146 Å². The highest BCUT2D eigenvalue weighted by molar-refractivity contribution is 6.04. The second-order valence-electron chi connectivity index (χ2n) is 6.12. The standard InChI is InChI=1S/C19H20N2O4/c1-12-3-8-17(25-2)16(9-12)21-11-13(10-18(21)23)19(24)20-14-4-6-15(22)7-5-14/h3-9,13,22H,10-11H2,1-2H3,(H,20,24). The number of benzene rings is 2. The number of ether oxygens (including phenoxy) is 1. The number of methoxy groups -OCH3 is 1. The smallest absolute Gasteiger partial charge is 0.229 e. The van der Waals surface area contributed by atoms with Gasteiger partial charge in [0.15, 0.2) is 0 Å². The summed E-state index contributed by atoms with van der Waals surface area (Å²) in [4.78, 5) is 26.5. The molecule has 130 valence electrons. The molecule has 6 heteroatoms. The van der Waals surface area contributed by atoms with Gasteiger partial charge >= 0.3 is 0 Å². The number of carbonyl (C=O) groups excluding carboxylic acids is 2. The van der Waals surface area contributed by atoms with Gasteiger partial charge in [0.2, 0.25) is 11.8 Å².